The summed E-state index contributed by atoms with van der Waals surface area (Å²) in [5, 5.41) is 14.7. The van der Waals surface area contributed by atoms with E-state index in [9.17, 15) is 4.79 Å². The molecule has 1 unspecified atom stereocenters. The number of carboxylic acids is 1. The fourth-order valence-electron chi connectivity index (χ4n) is 1.11. The number of thiazole rings is 1. The first-order valence-corrected chi connectivity index (χ1v) is 5.50. The lowest BCUT2D eigenvalue weighted by atomic mass is 10.2. The lowest BCUT2D eigenvalue weighted by Crippen LogP contribution is -2.20. The van der Waals surface area contributed by atoms with Crippen molar-refractivity contribution in [2.45, 2.75) is 19.9 Å². The van der Waals surface area contributed by atoms with Gasteiger partial charge in [0, 0.05) is 24.2 Å². The molecule has 0 fully saturated rings. The van der Waals surface area contributed by atoms with Crippen molar-refractivity contribution in [1.82, 2.24) is 10.3 Å². The Morgan fingerprint density at radius 2 is 2.53 bits per heavy atom. The van der Waals surface area contributed by atoms with Crippen molar-refractivity contribution in [3.63, 3.8) is 0 Å². The van der Waals surface area contributed by atoms with E-state index >= 15 is 0 Å². The van der Waals surface area contributed by atoms with Crippen LogP contribution in [0.1, 0.15) is 24.9 Å². The average Bonchev–Trinajstić information content (AvgIpc) is 2.65. The largest absolute Gasteiger partial charge is 0.478 e. The van der Waals surface area contributed by atoms with Crippen molar-refractivity contribution in [2.24, 2.45) is 0 Å². The van der Waals surface area contributed by atoms with Crippen LogP contribution in [0.5, 0.6) is 0 Å². The van der Waals surface area contributed by atoms with Crippen molar-refractivity contribution in [1.29, 1.82) is 0 Å². The highest BCUT2D eigenvalue weighted by Gasteiger charge is 2.06. The summed E-state index contributed by atoms with van der Waals surface area (Å²) in [4.78, 5) is 14.5. The Labute approximate surface area is 92.7 Å². The second kappa shape index (κ2) is 5.63. The van der Waals surface area contributed by atoms with Gasteiger partial charge in [-0.2, -0.15) is 0 Å². The van der Waals surface area contributed by atoms with Gasteiger partial charge in [0.15, 0.2) is 0 Å². The molecule has 0 aliphatic rings. The highest BCUT2D eigenvalue weighted by atomic mass is 32.1. The van der Waals surface area contributed by atoms with Gasteiger partial charge in [0.2, 0.25) is 0 Å². The zero-order valence-corrected chi connectivity index (χ0v) is 9.54. The number of nitrogens with one attached hydrogen (secondary N) is 1. The van der Waals surface area contributed by atoms with E-state index in [0.717, 1.165) is 10.6 Å². The van der Waals surface area contributed by atoms with Crippen molar-refractivity contribution >= 4 is 17.3 Å². The molecule has 1 aromatic heterocycles. The average molecular weight is 226 g/mol. The molecule has 0 bridgehead atoms. The summed E-state index contributed by atoms with van der Waals surface area (Å²) in [7, 11) is 0. The monoisotopic (exact) mass is 226 g/mol. The third kappa shape index (κ3) is 4.22. The number of rotatable bonds is 5. The van der Waals surface area contributed by atoms with Gasteiger partial charge in [-0.1, -0.05) is 5.57 Å². The first-order valence-electron chi connectivity index (χ1n) is 4.62. The topological polar surface area (TPSA) is 62.2 Å². The molecule has 1 rings (SSSR count). The zero-order valence-electron chi connectivity index (χ0n) is 8.73. The molecule has 0 aliphatic carbocycles. The molecule has 0 spiro atoms. The first kappa shape index (κ1) is 11.9. The Morgan fingerprint density at radius 1 is 1.80 bits per heavy atom. The molecule has 1 heterocycles. The summed E-state index contributed by atoms with van der Waals surface area (Å²) in [5.41, 5.74) is 0.797. The molecule has 0 aliphatic heterocycles. The van der Waals surface area contributed by atoms with Gasteiger partial charge in [-0.25, -0.2) is 9.78 Å². The van der Waals surface area contributed by atoms with E-state index in [0.29, 0.717) is 6.54 Å². The van der Waals surface area contributed by atoms with Gasteiger partial charge in [0.05, 0.1) is 6.04 Å². The van der Waals surface area contributed by atoms with Crippen LogP contribution in [0.4, 0.5) is 0 Å². The maximum Gasteiger partial charge on any atom is 0.328 e. The van der Waals surface area contributed by atoms with Crippen molar-refractivity contribution in [3.05, 3.63) is 28.2 Å². The molecule has 1 atom stereocenters. The second-order valence-electron chi connectivity index (χ2n) is 3.30. The maximum atomic E-state index is 10.4. The van der Waals surface area contributed by atoms with E-state index in [1.807, 2.05) is 12.3 Å². The number of hydrogen-bond acceptors (Lipinski definition) is 4. The van der Waals surface area contributed by atoms with Crippen molar-refractivity contribution in [2.75, 3.05) is 6.54 Å². The van der Waals surface area contributed by atoms with Gasteiger partial charge < -0.3 is 10.4 Å². The highest BCUT2D eigenvalue weighted by Crippen LogP contribution is 2.14. The Morgan fingerprint density at radius 3 is 3.07 bits per heavy atom. The third-order valence-corrected chi connectivity index (χ3v) is 2.84. The standard InChI is InChI=1S/C10H14N2O2S/c1-7(5-9(13)14)6-12-8(2)10-11-3-4-15-10/h3-5,8,12H,6H2,1-2H3,(H,13,14)/b7-5+. The molecule has 5 heteroatoms. The predicted octanol–water partition coefficient (Wildman–Crippen LogP) is 1.82. The number of nitrogens with zero attached hydrogens (tertiary/aromatic N) is 1. The minimum Gasteiger partial charge on any atom is -0.478 e. The highest BCUT2D eigenvalue weighted by molar-refractivity contribution is 7.09. The van der Waals surface area contributed by atoms with Crippen LogP contribution in [0.2, 0.25) is 0 Å². The fraction of sp³-hybridized carbons (Fsp3) is 0.400. The number of carboxylic acid groups (broad SMARTS) is 1. The third-order valence-electron chi connectivity index (χ3n) is 1.88. The van der Waals surface area contributed by atoms with E-state index in [-0.39, 0.29) is 6.04 Å². The Bertz CT molecular complexity index is 346. The summed E-state index contributed by atoms with van der Waals surface area (Å²) in [6, 6.07) is 0.155. The summed E-state index contributed by atoms with van der Waals surface area (Å²) >= 11 is 1.59. The van der Waals surface area contributed by atoms with Crippen LogP contribution in [-0.2, 0) is 4.79 Å². The normalized spacial score (nSPS) is 13.9. The maximum absolute atomic E-state index is 10.4. The molecule has 82 valence electrons. The van der Waals surface area contributed by atoms with Gasteiger partial charge in [0.25, 0.3) is 0 Å². The lowest BCUT2D eigenvalue weighted by molar-refractivity contribution is -0.131. The number of hydrogen-bond donors (Lipinski definition) is 2. The lowest BCUT2D eigenvalue weighted by Gasteiger charge is -2.10. The molecule has 0 saturated carbocycles. The van der Waals surface area contributed by atoms with Crippen LogP contribution in [0.25, 0.3) is 0 Å². The van der Waals surface area contributed by atoms with Gasteiger partial charge in [0.1, 0.15) is 5.01 Å². The van der Waals surface area contributed by atoms with Gasteiger partial charge in [-0.3, -0.25) is 0 Å². The van der Waals surface area contributed by atoms with Crippen LogP contribution in [-0.4, -0.2) is 22.6 Å². The molecule has 2 N–H and O–H groups in total. The smallest absolute Gasteiger partial charge is 0.328 e. The Hall–Kier alpha value is -1.20. The molecular weight excluding hydrogens is 212 g/mol. The summed E-state index contributed by atoms with van der Waals surface area (Å²) in [6.45, 7) is 4.36. The van der Waals surface area contributed by atoms with Crippen molar-refractivity contribution < 1.29 is 9.90 Å². The summed E-state index contributed by atoms with van der Waals surface area (Å²) in [5.74, 6) is -0.906. The first-order chi connectivity index (χ1) is 7.09. The molecule has 4 nitrogen and oxygen atoms in total. The zero-order chi connectivity index (χ0) is 11.3. The SMILES string of the molecule is C/C(=C\C(=O)O)CNC(C)c1nccs1. The molecular formula is C10H14N2O2S. The Kier molecular flexibility index (Phi) is 4.45. The van der Waals surface area contributed by atoms with E-state index < -0.39 is 5.97 Å². The minimum atomic E-state index is -0.906. The van der Waals surface area contributed by atoms with E-state index in [2.05, 4.69) is 10.3 Å². The molecule has 0 aromatic carbocycles. The summed E-state index contributed by atoms with van der Waals surface area (Å²) < 4.78 is 0. The summed E-state index contributed by atoms with van der Waals surface area (Å²) in [6.07, 6.45) is 2.97. The molecule has 15 heavy (non-hydrogen) atoms. The molecule has 0 saturated heterocycles. The van der Waals surface area contributed by atoms with Gasteiger partial charge in [-0.05, 0) is 13.8 Å². The quantitative estimate of drug-likeness (QED) is 0.752. The van der Waals surface area contributed by atoms with Crippen LogP contribution >= 0.6 is 11.3 Å². The number of aliphatic carboxylic acids is 1. The predicted molar refractivity (Wildman–Crippen MR) is 59.9 cm³/mol. The fourth-order valence-corrected chi connectivity index (χ4v) is 1.78. The second-order valence-corrected chi connectivity index (χ2v) is 4.23. The minimum absolute atomic E-state index is 0.155. The van der Waals surface area contributed by atoms with Crippen LogP contribution in [0, 0.1) is 0 Å². The number of carbonyl (C=O) groups is 1. The molecule has 0 radical (unpaired) electrons. The number of aromatic nitrogens is 1. The van der Waals surface area contributed by atoms with Crippen LogP contribution in [0.3, 0.4) is 0 Å². The van der Waals surface area contributed by atoms with Gasteiger partial charge in [-0.15, -0.1) is 11.3 Å². The Balaban J connectivity index is 2.41. The van der Waals surface area contributed by atoms with Crippen molar-refractivity contribution in [3.8, 4) is 0 Å². The van der Waals surface area contributed by atoms with Crippen LogP contribution in [0.15, 0.2) is 23.2 Å². The molecule has 0 amide bonds. The van der Waals surface area contributed by atoms with E-state index in [1.165, 1.54) is 6.08 Å². The van der Waals surface area contributed by atoms with Gasteiger partial charge >= 0.3 is 5.97 Å². The van der Waals surface area contributed by atoms with E-state index in [4.69, 9.17) is 5.11 Å². The van der Waals surface area contributed by atoms with Crippen LogP contribution < -0.4 is 5.32 Å². The van der Waals surface area contributed by atoms with E-state index in [1.54, 1.807) is 24.5 Å². The molecule has 1 aromatic rings.